The number of hydrogen-bond donors (Lipinski definition) is 1. The topological polar surface area (TPSA) is 21.3 Å². The minimum atomic E-state index is -4.63. The number of rotatable bonds is 3. The highest BCUT2D eigenvalue weighted by Crippen LogP contribution is 2.27. The van der Waals surface area contributed by atoms with E-state index in [0.29, 0.717) is 12.0 Å². The average Bonchev–Trinajstić information content (AvgIpc) is 2.71. The SMILES string of the molecule is FC(F)(F)Oc1ccccc1CC1CCCN1. The van der Waals surface area contributed by atoms with E-state index < -0.39 is 6.36 Å². The van der Waals surface area contributed by atoms with Gasteiger partial charge in [-0.1, -0.05) is 18.2 Å². The number of benzene rings is 1. The number of nitrogens with one attached hydrogen (secondary N) is 1. The molecule has 1 aromatic rings. The van der Waals surface area contributed by atoms with Gasteiger partial charge >= 0.3 is 6.36 Å². The Bertz CT molecular complexity index is 372. The fraction of sp³-hybridized carbons (Fsp3) is 0.500. The molecule has 1 fully saturated rings. The van der Waals surface area contributed by atoms with Gasteiger partial charge in [-0.15, -0.1) is 13.2 Å². The third-order valence-electron chi connectivity index (χ3n) is 2.83. The summed E-state index contributed by atoms with van der Waals surface area (Å²) in [5.74, 6) is -0.0892. The van der Waals surface area contributed by atoms with E-state index in [1.165, 1.54) is 6.07 Å². The van der Waals surface area contributed by atoms with E-state index in [-0.39, 0.29) is 11.8 Å². The van der Waals surface area contributed by atoms with E-state index in [4.69, 9.17) is 0 Å². The van der Waals surface area contributed by atoms with Gasteiger partial charge in [0.2, 0.25) is 0 Å². The van der Waals surface area contributed by atoms with Crippen molar-refractivity contribution in [2.45, 2.75) is 31.7 Å². The molecule has 0 amide bonds. The van der Waals surface area contributed by atoms with E-state index in [2.05, 4.69) is 10.1 Å². The third-order valence-corrected chi connectivity index (χ3v) is 2.83. The normalized spacial score (nSPS) is 20.5. The highest BCUT2D eigenvalue weighted by atomic mass is 19.4. The molecule has 1 saturated heterocycles. The van der Waals surface area contributed by atoms with E-state index in [1.54, 1.807) is 18.2 Å². The summed E-state index contributed by atoms with van der Waals surface area (Å²) in [7, 11) is 0. The fourth-order valence-electron chi connectivity index (χ4n) is 2.09. The van der Waals surface area contributed by atoms with E-state index in [0.717, 1.165) is 19.4 Å². The summed E-state index contributed by atoms with van der Waals surface area (Å²) in [5, 5.41) is 3.26. The van der Waals surface area contributed by atoms with Gasteiger partial charge in [0.1, 0.15) is 5.75 Å². The quantitative estimate of drug-likeness (QED) is 0.884. The van der Waals surface area contributed by atoms with Crippen LogP contribution >= 0.6 is 0 Å². The van der Waals surface area contributed by atoms with Gasteiger partial charge in [-0.05, 0) is 37.4 Å². The second-order valence-corrected chi connectivity index (χ2v) is 4.15. The molecule has 0 aromatic heterocycles. The van der Waals surface area contributed by atoms with Crippen molar-refractivity contribution in [3.05, 3.63) is 29.8 Å². The van der Waals surface area contributed by atoms with E-state index >= 15 is 0 Å². The molecule has 17 heavy (non-hydrogen) atoms. The zero-order valence-corrected chi connectivity index (χ0v) is 9.26. The Balaban J connectivity index is 2.09. The molecule has 1 aromatic carbocycles. The van der Waals surface area contributed by atoms with Gasteiger partial charge in [0.15, 0.2) is 0 Å². The lowest BCUT2D eigenvalue weighted by molar-refractivity contribution is -0.274. The van der Waals surface area contributed by atoms with Crippen LogP contribution in [0, 0.1) is 0 Å². The number of ether oxygens (including phenoxy) is 1. The molecule has 1 atom stereocenters. The Morgan fingerprint density at radius 1 is 1.29 bits per heavy atom. The second-order valence-electron chi connectivity index (χ2n) is 4.15. The Hall–Kier alpha value is -1.23. The van der Waals surface area contributed by atoms with Gasteiger partial charge in [-0.2, -0.15) is 0 Å². The number of halogens is 3. The monoisotopic (exact) mass is 245 g/mol. The molecule has 0 spiro atoms. The van der Waals surface area contributed by atoms with Crippen molar-refractivity contribution in [2.75, 3.05) is 6.54 Å². The Labute approximate surface area is 97.8 Å². The molecular formula is C12H14F3NO. The highest BCUT2D eigenvalue weighted by Gasteiger charge is 2.32. The van der Waals surface area contributed by atoms with Crippen molar-refractivity contribution >= 4 is 0 Å². The highest BCUT2D eigenvalue weighted by molar-refractivity contribution is 5.34. The fourth-order valence-corrected chi connectivity index (χ4v) is 2.09. The van der Waals surface area contributed by atoms with Gasteiger partial charge in [0, 0.05) is 6.04 Å². The number of para-hydroxylation sites is 1. The van der Waals surface area contributed by atoms with Gasteiger partial charge in [0.05, 0.1) is 0 Å². The molecule has 0 saturated carbocycles. The molecule has 94 valence electrons. The summed E-state index contributed by atoms with van der Waals surface area (Å²) in [6, 6.07) is 6.58. The summed E-state index contributed by atoms with van der Waals surface area (Å²) < 4.78 is 40.6. The number of alkyl halides is 3. The predicted molar refractivity (Wildman–Crippen MR) is 57.9 cm³/mol. The maximum atomic E-state index is 12.2. The summed E-state index contributed by atoms with van der Waals surface area (Å²) in [6.45, 7) is 0.937. The van der Waals surface area contributed by atoms with Crippen LogP contribution in [-0.4, -0.2) is 18.9 Å². The predicted octanol–water partition coefficient (Wildman–Crippen LogP) is 2.88. The lowest BCUT2D eigenvalue weighted by Crippen LogP contribution is -2.25. The second kappa shape index (κ2) is 4.96. The van der Waals surface area contributed by atoms with Crippen molar-refractivity contribution in [1.29, 1.82) is 0 Å². The first kappa shape index (κ1) is 12.2. The molecule has 1 N–H and O–H groups in total. The van der Waals surface area contributed by atoms with Crippen LogP contribution in [0.15, 0.2) is 24.3 Å². The van der Waals surface area contributed by atoms with Crippen molar-refractivity contribution in [3.8, 4) is 5.75 Å². The zero-order valence-electron chi connectivity index (χ0n) is 9.26. The smallest absolute Gasteiger partial charge is 0.406 e. The molecule has 1 aliphatic rings. The molecule has 0 bridgehead atoms. The largest absolute Gasteiger partial charge is 0.573 e. The van der Waals surface area contributed by atoms with Crippen LogP contribution in [0.4, 0.5) is 13.2 Å². The molecule has 1 heterocycles. The van der Waals surface area contributed by atoms with Gasteiger partial charge in [-0.3, -0.25) is 0 Å². The molecule has 2 rings (SSSR count). The summed E-state index contributed by atoms with van der Waals surface area (Å²) >= 11 is 0. The Morgan fingerprint density at radius 2 is 2.06 bits per heavy atom. The molecular weight excluding hydrogens is 231 g/mol. The molecule has 2 nitrogen and oxygen atoms in total. The van der Waals surface area contributed by atoms with Crippen LogP contribution in [0.2, 0.25) is 0 Å². The summed E-state index contributed by atoms with van der Waals surface area (Å²) in [5.41, 5.74) is 0.601. The first-order valence-corrected chi connectivity index (χ1v) is 5.61. The maximum absolute atomic E-state index is 12.2. The Kier molecular flexibility index (Phi) is 3.57. The molecule has 0 aliphatic carbocycles. The van der Waals surface area contributed by atoms with Crippen LogP contribution in [0.5, 0.6) is 5.75 Å². The Morgan fingerprint density at radius 3 is 2.71 bits per heavy atom. The molecule has 1 aliphatic heterocycles. The van der Waals surface area contributed by atoms with Crippen molar-refractivity contribution in [1.82, 2.24) is 5.32 Å². The van der Waals surface area contributed by atoms with Gasteiger partial charge < -0.3 is 10.1 Å². The lowest BCUT2D eigenvalue weighted by Gasteiger charge is -2.15. The van der Waals surface area contributed by atoms with Crippen LogP contribution in [0.1, 0.15) is 18.4 Å². The third kappa shape index (κ3) is 3.63. The standard InChI is InChI=1S/C12H14F3NO/c13-12(14,15)17-11-6-2-1-4-9(11)8-10-5-3-7-16-10/h1-2,4,6,10,16H,3,5,7-8H2. The van der Waals surface area contributed by atoms with Crippen LogP contribution in [0.25, 0.3) is 0 Å². The average molecular weight is 245 g/mol. The molecule has 1 unspecified atom stereocenters. The molecule has 0 radical (unpaired) electrons. The minimum Gasteiger partial charge on any atom is -0.406 e. The van der Waals surface area contributed by atoms with Crippen LogP contribution in [-0.2, 0) is 6.42 Å². The van der Waals surface area contributed by atoms with Crippen molar-refractivity contribution in [2.24, 2.45) is 0 Å². The van der Waals surface area contributed by atoms with E-state index in [1.807, 2.05) is 0 Å². The van der Waals surface area contributed by atoms with Crippen LogP contribution in [0.3, 0.4) is 0 Å². The molecule has 5 heteroatoms. The van der Waals surface area contributed by atoms with Crippen LogP contribution < -0.4 is 10.1 Å². The minimum absolute atomic E-state index is 0.0892. The maximum Gasteiger partial charge on any atom is 0.573 e. The first-order valence-electron chi connectivity index (χ1n) is 5.61. The van der Waals surface area contributed by atoms with E-state index in [9.17, 15) is 13.2 Å². The lowest BCUT2D eigenvalue weighted by atomic mass is 10.0. The first-order chi connectivity index (χ1) is 8.04. The summed E-state index contributed by atoms with van der Waals surface area (Å²) in [6.07, 6.45) is -1.97. The summed E-state index contributed by atoms with van der Waals surface area (Å²) in [4.78, 5) is 0. The van der Waals surface area contributed by atoms with Gasteiger partial charge in [-0.25, -0.2) is 0 Å². The zero-order chi connectivity index (χ0) is 12.3. The number of hydrogen-bond acceptors (Lipinski definition) is 2. The van der Waals surface area contributed by atoms with Gasteiger partial charge in [0.25, 0.3) is 0 Å². The van der Waals surface area contributed by atoms with Crippen molar-refractivity contribution < 1.29 is 17.9 Å². The van der Waals surface area contributed by atoms with Crippen molar-refractivity contribution in [3.63, 3.8) is 0 Å².